The second-order valence-electron chi connectivity index (χ2n) is 7.83. The van der Waals surface area contributed by atoms with E-state index in [1.165, 1.54) is 5.57 Å². The van der Waals surface area contributed by atoms with Gasteiger partial charge in [0.05, 0.1) is 5.56 Å². The number of carbonyl (C=O) groups excluding carboxylic acids is 1. The van der Waals surface area contributed by atoms with Crippen molar-refractivity contribution in [2.75, 3.05) is 0 Å². The summed E-state index contributed by atoms with van der Waals surface area (Å²) in [4.78, 5) is 11.9. The predicted molar refractivity (Wildman–Crippen MR) is 101 cm³/mol. The lowest BCUT2D eigenvalue weighted by atomic mass is 9.87. The molecule has 128 valence electrons. The molecule has 0 radical (unpaired) electrons. The highest BCUT2D eigenvalue weighted by Crippen LogP contribution is 2.30. The molecule has 0 bridgehead atoms. The van der Waals surface area contributed by atoms with E-state index in [1.54, 1.807) is 0 Å². The normalized spacial score (nSPS) is 13.0. The molecule has 0 unspecified atom stereocenters. The molecule has 2 aromatic rings. The van der Waals surface area contributed by atoms with E-state index in [2.05, 4.69) is 51.6 Å². The molecule has 2 aromatic carbocycles. The van der Waals surface area contributed by atoms with Gasteiger partial charge in [0, 0.05) is 11.1 Å². The van der Waals surface area contributed by atoms with Crippen molar-refractivity contribution < 1.29 is 9.53 Å². The molecule has 0 spiro atoms. The van der Waals surface area contributed by atoms with Crippen molar-refractivity contribution in [3.05, 3.63) is 82.1 Å². The Hall–Kier alpha value is -2.57. The number of allylic oxidation sites excluding steroid dienone is 1. The Morgan fingerprint density at radius 1 is 1.08 bits per heavy atom. The first kappa shape index (κ1) is 17.3. The monoisotopic (exact) mass is 332 g/mol. The Morgan fingerprint density at radius 3 is 2.48 bits per heavy atom. The van der Waals surface area contributed by atoms with Gasteiger partial charge in [-0.15, -0.1) is 5.73 Å². The summed E-state index contributed by atoms with van der Waals surface area (Å²) >= 11 is 0. The van der Waals surface area contributed by atoms with E-state index in [0.717, 1.165) is 28.7 Å². The largest absolute Gasteiger partial charge is 0.457 e. The third kappa shape index (κ3) is 4.10. The van der Waals surface area contributed by atoms with Crippen molar-refractivity contribution in [1.82, 2.24) is 0 Å². The van der Waals surface area contributed by atoms with Gasteiger partial charge in [-0.2, -0.15) is 0 Å². The molecule has 1 aliphatic heterocycles. The number of esters is 1. The average molecular weight is 332 g/mol. The summed E-state index contributed by atoms with van der Waals surface area (Å²) in [7, 11) is 0. The third-order valence-corrected chi connectivity index (χ3v) is 4.17. The molecule has 0 amide bonds. The van der Waals surface area contributed by atoms with Gasteiger partial charge in [-0.3, -0.25) is 0 Å². The fourth-order valence-electron chi connectivity index (χ4n) is 3.24. The molecule has 3 rings (SSSR count). The summed E-state index contributed by atoms with van der Waals surface area (Å²) in [5.74, 6) is -0.236. The maximum absolute atomic E-state index is 11.9. The first-order valence-corrected chi connectivity index (χ1v) is 8.66. The van der Waals surface area contributed by atoms with Crippen LogP contribution in [0.4, 0.5) is 0 Å². The van der Waals surface area contributed by atoms with Crippen LogP contribution in [-0.4, -0.2) is 5.97 Å². The summed E-state index contributed by atoms with van der Waals surface area (Å²) in [6.45, 7) is 9.18. The van der Waals surface area contributed by atoms with Crippen LogP contribution in [0.3, 0.4) is 0 Å². The van der Waals surface area contributed by atoms with Crippen LogP contribution in [0.25, 0.3) is 5.57 Å². The molecule has 0 N–H and O–H groups in total. The Balaban J connectivity index is 2.15. The van der Waals surface area contributed by atoms with Crippen LogP contribution in [0.5, 0.6) is 0 Å². The van der Waals surface area contributed by atoms with Crippen LogP contribution in [-0.2, 0) is 11.3 Å². The van der Waals surface area contributed by atoms with Gasteiger partial charge in [-0.1, -0.05) is 63.2 Å². The quantitative estimate of drug-likeness (QED) is 0.527. The topological polar surface area (TPSA) is 26.3 Å². The zero-order chi connectivity index (χ0) is 18.0. The maximum Gasteiger partial charge on any atom is 0.338 e. The molecule has 2 heteroatoms. The molecular weight excluding hydrogens is 308 g/mol. The molecular formula is C23H24O2. The van der Waals surface area contributed by atoms with E-state index in [4.69, 9.17) is 4.74 Å². The van der Waals surface area contributed by atoms with Crippen LogP contribution >= 0.6 is 0 Å². The second-order valence-corrected chi connectivity index (χ2v) is 7.83. The van der Waals surface area contributed by atoms with Gasteiger partial charge in [-0.25, -0.2) is 4.79 Å². The van der Waals surface area contributed by atoms with Crippen molar-refractivity contribution in [3.63, 3.8) is 0 Å². The average Bonchev–Trinajstić information content (AvgIpc) is 2.92. The molecule has 0 saturated heterocycles. The minimum atomic E-state index is -0.236. The molecule has 0 saturated carbocycles. The Morgan fingerprint density at radius 2 is 1.80 bits per heavy atom. The van der Waals surface area contributed by atoms with Gasteiger partial charge in [0.25, 0.3) is 0 Å². The van der Waals surface area contributed by atoms with E-state index in [1.807, 2.05) is 30.3 Å². The number of fused-ring (bicyclic) bond motifs is 1. The number of benzene rings is 2. The van der Waals surface area contributed by atoms with E-state index in [0.29, 0.717) is 12.2 Å². The summed E-state index contributed by atoms with van der Waals surface area (Å²) in [5, 5.41) is 0. The lowest BCUT2D eigenvalue weighted by Crippen LogP contribution is -2.04. The van der Waals surface area contributed by atoms with E-state index < -0.39 is 0 Å². The van der Waals surface area contributed by atoms with Crippen molar-refractivity contribution in [3.8, 4) is 0 Å². The Labute approximate surface area is 149 Å². The van der Waals surface area contributed by atoms with Gasteiger partial charge < -0.3 is 4.74 Å². The summed E-state index contributed by atoms with van der Waals surface area (Å²) in [6.07, 6.45) is 0.969. The van der Waals surface area contributed by atoms with Crippen LogP contribution in [0.15, 0.2) is 59.8 Å². The lowest BCUT2D eigenvalue weighted by molar-refractivity contribution is 0.0535. The van der Waals surface area contributed by atoms with Crippen LogP contribution in [0.2, 0.25) is 0 Å². The van der Waals surface area contributed by atoms with Crippen LogP contribution in [0.1, 0.15) is 61.2 Å². The summed E-state index contributed by atoms with van der Waals surface area (Å²) in [6, 6.07) is 16.2. The molecule has 1 aliphatic rings. The number of hydrogen-bond acceptors (Lipinski definition) is 2. The zero-order valence-corrected chi connectivity index (χ0v) is 15.3. The molecule has 2 nitrogen and oxygen atoms in total. The minimum absolute atomic E-state index is 0.209. The standard InChI is InChI=1S/C23H24O2/c1-16(14-23(2,3)4)12-20(17-8-6-5-7-9-17)18-10-11-19-15-25-22(24)21(19)13-18/h5-11,13H,14-15H2,1-4H3. The summed E-state index contributed by atoms with van der Waals surface area (Å²) in [5.41, 5.74) is 9.74. The van der Waals surface area contributed by atoms with Gasteiger partial charge in [-0.05, 0) is 41.5 Å². The highest BCUT2D eigenvalue weighted by molar-refractivity contribution is 5.95. The first-order chi connectivity index (χ1) is 11.8. The Bertz CT molecular complexity index is 861. The van der Waals surface area contributed by atoms with Gasteiger partial charge in [0.15, 0.2) is 0 Å². The smallest absolute Gasteiger partial charge is 0.338 e. The lowest BCUT2D eigenvalue weighted by Gasteiger charge is -2.17. The minimum Gasteiger partial charge on any atom is -0.457 e. The molecule has 0 fully saturated rings. The number of cyclic esters (lactones) is 1. The fraction of sp³-hybridized carbons (Fsp3) is 0.304. The molecule has 25 heavy (non-hydrogen) atoms. The third-order valence-electron chi connectivity index (χ3n) is 4.17. The SMILES string of the molecule is CC(=C=C(c1ccccc1)c1ccc2c(c1)C(=O)OC2)CC(C)(C)C. The molecule has 0 aliphatic carbocycles. The van der Waals surface area contributed by atoms with E-state index >= 15 is 0 Å². The van der Waals surface area contributed by atoms with Gasteiger partial charge in [0.2, 0.25) is 0 Å². The second kappa shape index (κ2) is 6.74. The molecule has 1 heterocycles. The van der Waals surface area contributed by atoms with Gasteiger partial charge in [0.1, 0.15) is 6.61 Å². The zero-order valence-electron chi connectivity index (χ0n) is 15.3. The Kier molecular flexibility index (Phi) is 4.65. The highest BCUT2D eigenvalue weighted by Gasteiger charge is 2.22. The first-order valence-electron chi connectivity index (χ1n) is 8.66. The fourth-order valence-corrected chi connectivity index (χ4v) is 3.24. The molecule has 0 aromatic heterocycles. The number of ether oxygens (including phenoxy) is 1. The van der Waals surface area contributed by atoms with E-state index in [9.17, 15) is 4.79 Å². The number of rotatable bonds is 3. The number of carbonyl (C=O) groups is 1. The van der Waals surface area contributed by atoms with Crippen molar-refractivity contribution >= 4 is 11.5 Å². The van der Waals surface area contributed by atoms with E-state index in [-0.39, 0.29) is 11.4 Å². The maximum atomic E-state index is 11.9. The summed E-state index contributed by atoms with van der Waals surface area (Å²) < 4.78 is 5.14. The highest BCUT2D eigenvalue weighted by atomic mass is 16.5. The predicted octanol–water partition coefficient (Wildman–Crippen LogP) is 5.77. The van der Waals surface area contributed by atoms with Crippen molar-refractivity contribution in [2.24, 2.45) is 5.41 Å². The van der Waals surface area contributed by atoms with Crippen molar-refractivity contribution in [1.29, 1.82) is 0 Å². The van der Waals surface area contributed by atoms with Crippen LogP contribution < -0.4 is 0 Å². The molecule has 0 atom stereocenters. The van der Waals surface area contributed by atoms with Crippen molar-refractivity contribution in [2.45, 2.75) is 40.7 Å². The van der Waals surface area contributed by atoms with Crippen LogP contribution in [0, 0.1) is 5.41 Å². The van der Waals surface area contributed by atoms with Gasteiger partial charge >= 0.3 is 5.97 Å². The number of hydrogen-bond donors (Lipinski definition) is 0.